The van der Waals surface area contributed by atoms with Crippen molar-refractivity contribution in [2.45, 2.75) is 0 Å². The normalized spacial score (nSPS) is 14.3. The Hall–Kier alpha value is -3.30. The molecule has 2 aromatic heterocycles. The molecule has 9 nitrogen and oxygen atoms in total. The summed E-state index contributed by atoms with van der Waals surface area (Å²) in [5.74, 6) is 0.489. The number of esters is 1. The molecule has 1 saturated heterocycles. The second-order valence-electron chi connectivity index (χ2n) is 7.35. The van der Waals surface area contributed by atoms with Crippen molar-refractivity contribution in [3.8, 4) is 17.0 Å². The van der Waals surface area contributed by atoms with E-state index in [1.807, 2.05) is 18.2 Å². The third kappa shape index (κ3) is 4.49. The number of rotatable bonds is 6. The number of carbonyl (C=O) groups is 1. The van der Waals surface area contributed by atoms with Crippen molar-refractivity contribution in [2.24, 2.45) is 0 Å². The summed E-state index contributed by atoms with van der Waals surface area (Å²) >= 11 is 6.30. The number of aromatic nitrogens is 2. The van der Waals surface area contributed by atoms with Crippen LogP contribution < -0.4 is 15.0 Å². The molecule has 1 aliphatic rings. The largest absolute Gasteiger partial charge is 0.495 e. The van der Waals surface area contributed by atoms with E-state index >= 15 is 0 Å². The average Bonchev–Trinajstić information content (AvgIpc) is 3.30. The standard InChI is InChI=1S/C22H24ClN5O4/c1-27-7-9-28(10-8-27)17-5-4-14(12-18(17)30-2)25-22-24-13-16(23)19(26-22)15-6-11-32-20(15)21(29)31-3/h4-6,11-13H,7-10H2,1-3H3,(H,24,25,26). The monoisotopic (exact) mass is 457 g/mol. The summed E-state index contributed by atoms with van der Waals surface area (Å²) in [5.41, 5.74) is 2.59. The van der Waals surface area contributed by atoms with Gasteiger partial charge in [-0.05, 0) is 25.2 Å². The zero-order valence-corrected chi connectivity index (χ0v) is 18.8. The molecule has 168 valence electrons. The number of methoxy groups -OCH3 is 2. The zero-order chi connectivity index (χ0) is 22.7. The average molecular weight is 458 g/mol. The van der Waals surface area contributed by atoms with Gasteiger partial charge < -0.3 is 29.0 Å². The Morgan fingerprint density at radius 3 is 2.69 bits per heavy atom. The van der Waals surface area contributed by atoms with Gasteiger partial charge in [0.2, 0.25) is 11.7 Å². The second-order valence-corrected chi connectivity index (χ2v) is 7.75. The Morgan fingerprint density at radius 2 is 1.97 bits per heavy atom. The molecule has 0 radical (unpaired) electrons. The summed E-state index contributed by atoms with van der Waals surface area (Å²) < 4.78 is 15.7. The lowest BCUT2D eigenvalue weighted by Crippen LogP contribution is -2.44. The van der Waals surface area contributed by atoms with Gasteiger partial charge in [0, 0.05) is 37.9 Å². The van der Waals surface area contributed by atoms with E-state index in [-0.39, 0.29) is 10.8 Å². The van der Waals surface area contributed by atoms with Crippen LogP contribution in [0.2, 0.25) is 5.02 Å². The fourth-order valence-electron chi connectivity index (χ4n) is 3.56. The number of carbonyl (C=O) groups excluding carboxylic acids is 1. The minimum absolute atomic E-state index is 0.0252. The first-order valence-corrected chi connectivity index (χ1v) is 10.4. The van der Waals surface area contributed by atoms with Crippen LogP contribution in [0.1, 0.15) is 10.6 Å². The van der Waals surface area contributed by atoms with Crippen molar-refractivity contribution in [3.05, 3.63) is 47.5 Å². The first kappa shape index (κ1) is 21.9. The van der Waals surface area contributed by atoms with E-state index in [4.69, 9.17) is 25.5 Å². The summed E-state index contributed by atoms with van der Waals surface area (Å²) in [6, 6.07) is 7.49. The molecule has 3 heterocycles. The van der Waals surface area contributed by atoms with Crippen LogP contribution >= 0.6 is 11.6 Å². The lowest BCUT2D eigenvalue weighted by molar-refractivity contribution is 0.0566. The maximum Gasteiger partial charge on any atom is 0.374 e. The topological polar surface area (TPSA) is 93.0 Å². The predicted molar refractivity (Wildman–Crippen MR) is 122 cm³/mol. The number of likely N-dealkylation sites (N-methyl/N-ethyl adjacent to an activating group) is 1. The molecule has 0 unspecified atom stereocenters. The zero-order valence-electron chi connectivity index (χ0n) is 18.1. The third-order valence-corrected chi connectivity index (χ3v) is 5.59. The lowest BCUT2D eigenvalue weighted by Gasteiger charge is -2.34. The fraction of sp³-hybridized carbons (Fsp3) is 0.318. The van der Waals surface area contributed by atoms with Gasteiger partial charge in [-0.3, -0.25) is 0 Å². The summed E-state index contributed by atoms with van der Waals surface area (Å²) in [6.45, 7) is 3.89. The van der Waals surface area contributed by atoms with Gasteiger partial charge in [-0.15, -0.1) is 0 Å². The summed E-state index contributed by atoms with van der Waals surface area (Å²) in [7, 11) is 5.06. The molecule has 32 heavy (non-hydrogen) atoms. The summed E-state index contributed by atoms with van der Waals surface area (Å²) in [6.07, 6.45) is 2.85. The molecule has 3 aromatic rings. The predicted octanol–water partition coefficient (Wildman–Crippen LogP) is 3.68. The third-order valence-electron chi connectivity index (χ3n) is 5.32. The van der Waals surface area contributed by atoms with Crippen molar-refractivity contribution in [1.82, 2.24) is 14.9 Å². The van der Waals surface area contributed by atoms with Crippen molar-refractivity contribution in [2.75, 3.05) is 57.7 Å². The Labute approximate surface area is 190 Å². The molecule has 1 N–H and O–H groups in total. The molecule has 4 rings (SSSR count). The van der Waals surface area contributed by atoms with E-state index < -0.39 is 5.97 Å². The molecule has 0 bridgehead atoms. The minimum atomic E-state index is -0.613. The summed E-state index contributed by atoms with van der Waals surface area (Å²) in [5, 5.41) is 3.46. The number of ether oxygens (including phenoxy) is 2. The maximum absolute atomic E-state index is 12.0. The number of nitrogens with zero attached hydrogens (tertiary/aromatic N) is 4. The molecular weight excluding hydrogens is 434 g/mol. The molecule has 1 fully saturated rings. The number of nitrogens with one attached hydrogen (secondary N) is 1. The van der Waals surface area contributed by atoms with E-state index in [0.29, 0.717) is 17.2 Å². The Kier molecular flexibility index (Phi) is 6.48. The first-order chi connectivity index (χ1) is 15.5. The van der Waals surface area contributed by atoms with E-state index in [0.717, 1.165) is 43.3 Å². The quantitative estimate of drug-likeness (QED) is 0.556. The number of benzene rings is 1. The van der Waals surface area contributed by atoms with Crippen LogP contribution in [0.5, 0.6) is 5.75 Å². The van der Waals surface area contributed by atoms with Gasteiger partial charge in [0.15, 0.2) is 0 Å². The molecule has 0 saturated carbocycles. The van der Waals surface area contributed by atoms with Gasteiger partial charge in [0.05, 0.1) is 48.6 Å². The Morgan fingerprint density at radius 1 is 1.19 bits per heavy atom. The number of furan rings is 1. The maximum atomic E-state index is 12.0. The number of anilines is 3. The Bertz CT molecular complexity index is 1110. The molecule has 0 amide bonds. The lowest BCUT2D eigenvalue weighted by atomic mass is 10.2. The molecule has 0 spiro atoms. The van der Waals surface area contributed by atoms with Crippen LogP contribution in [0.15, 0.2) is 41.1 Å². The van der Waals surface area contributed by atoms with Gasteiger partial charge in [0.1, 0.15) is 5.75 Å². The molecule has 1 aliphatic heterocycles. The fourth-order valence-corrected chi connectivity index (χ4v) is 3.75. The van der Waals surface area contributed by atoms with Crippen molar-refractivity contribution < 1.29 is 18.7 Å². The van der Waals surface area contributed by atoms with Crippen LogP contribution in [-0.4, -0.2) is 68.3 Å². The Balaban J connectivity index is 1.59. The van der Waals surface area contributed by atoms with E-state index in [2.05, 4.69) is 32.1 Å². The van der Waals surface area contributed by atoms with Crippen LogP contribution in [-0.2, 0) is 4.74 Å². The molecule has 0 aliphatic carbocycles. The highest BCUT2D eigenvalue weighted by atomic mass is 35.5. The van der Waals surface area contributed by atoms with E-state index in [9.17, 15) is 4.79 Å². The number of hydrogen-bond donors (Lipinski definition) is 1. The van der Waals surface area contributed by atoms with Crippen LogP contribution in [0.25, 0.3) is 11.3 Å². The van der Waals surface area contributed by atoms with Crippen molar-refractivity contribution in [1.29, 1.82) is 0 Å². The minimum Gasteiger partial charge on any atom is -0.495 e. The first-order valence-electron chi connectivity index (χ1n) is 10.1. The van der Waals surface area contributed by atoms with Crippen molar-refractivity contribution >= 4 is 34.9 Å². The van der Waals surface area contributed by atoms with Crippen LogP contribution in [0, 0.1) is 0 Å². The van der Waals surface area contributed by atoms with Gasteiger partial charge in [0.25, 0.3) is 0 Å². The van der Waals surface area contributed by atoms with Crippen molar-refractivity contribution in [3.63, 3.8) is 0 Å². The summed E-state index contributed by atoms with van der Waals surface area (Å²) in [4.78, 5) is 25.3. The van der Waals surface area contributed by atoms with Gasteiger partial charge in [-0.25, -0.2) is 14.8 Å². The van der Waals surface area contributed by atoms with Gasteiger partial charge in [-0.2, -0.15) is 0 Å². The molecular formula is C22H24ClN5O4. The highest BCUT2D eigenvalue weighted by molar-refractivity contribution is 6.33. The highest BCUT2D eigenvalue weighted by Gasteiger charge is 2.22. The van der Waals surface area contributed by atoms with Crippen LogP contribution in [0.3, 0.4) is 0 Å². The van der Waals surface area contributed by atoms with Gasteiger partial charge in [-0.1, -0.05) is 11.6 Å². The number of hydrogen-bond acceptors (Lipinski definition) is 9. The number of halogens is 1. The smallest absolute Gasteiger partial charge is 0.374 e. The van der Waals surface area contributed by atoms with Crippen LogP contribution in [0.4, 0.5) is 17.3 Å². The molecule has 1 aromatic carbocycles. The van der Waals surface area contributed by atoms with Gasteiger partial charge >= 0.3 is 5.97 Å². The molecule has 10 heteroatoms. The highest BCUT2D eigenvalue weighted by Crippen LogP contribution is 2.34. The van der Waals surface area contributed by atoms with E-state index in [1.54, 1.807) is 13.2 Å². The molecule has 0 atom stereocenters. The second kappa shape index (κ2) is 9.46. The van der Waals surface area contributed by atoms with E-state index in [1.165, 1.54) is 19.6 Å². The SMILES string of the molecule is COC(=O)c1occc1-c1nc(Nc2ccc(N3CCN(C)CC3)c(OC)c2)ncc1Cl. The number of piperazine rings is 1.